The molecule has 1 aromatic heterocycles. The van der Waals surface area contributed by atoms with Crippen LogP contribution in [-0.2, 0) is 11.2 Å². The maximum atomic E-state index is 12.3. The smallest absolute Gasteiger partial charge is 0.257 e. The quantitative estimate of drug-likeness (QED) is 0.461. The number of hydrogen-bond donors (Lipinski definition) is 2. The number of amides is 2. The molecule has 1 heterocycles. The third kappa shape index (κ3) is 5.69. The van der Waals surface area contributed by atoms with Gasteiger partial charge in [-0.25, -0.2) is 5.43 Å². The van der Waals surface area contributed by atoms with Crippen molar-refractivity contribution in [3.63, 3.8) is 0 Å². The second-order valence-electron chi connectivity index (χ2n) is 6.01. The summed E-state index contributed by atoms with van der Waals surface area (Å²) in [6, 6.07) is 14.5. The van der Waals surface area contributed by atoms with Crippen molar-refractivity contribution in [2.45, 2.75) is 13.3 Å². The average molecular weight is 409 g/mol. The predicted molar refractivity (Wildman–Crippen MR) is 111 cm³/mol. The van der Waals surface area contributed by atoms with Crippen LogP contribution in [0.2, 0.25) is 0 Å². The monoisotopic (exact) mass is 409 g/mol. The summed E-state index contributed by atoms with van der Waals surface area (Å²) in [7, 11) is 1.59. The van der Waals surface area contributed by atoms with Crippen LogP contribution in [0.3, 0.4) is 0 Å². The number of nitrogens with zero attached hydrogens (tertiary/aromatic N) is 3. The zero-order chi connectivity index (χ0) is 20.6. The van der Waals surface area contributed by atoms with Gasteiger partial charge in [0.15, 0.2) is 0 Å². The highest BCUT2D eigenvalue weighted by Crippen LogP contribution is 2.17. The summed E-state index contributed by atoms with van der Waals surface area (Å²) < 4.78 is 5.08. The molecule has 0 aliphatic heterocycles. The minimum atomic E-state index is -0.331. The molecule has 2 aromatic carbocycles. The molecule has 8 nitrogen and oxygen atoms in total. The van der Waals surface area contributed by atoms with Gasteiger partial charge in [0.1, 0.15) is 10.8 Å². The average Bonchev–Trinajstić information content (AvgIpc) is 3.15. The molecule has 0 aliphatic rings. The van der Waals surface area contributed by atoms with Gasteiger partial charge < -0.3 is 4.74 Å². The molecule has 0 saturated carbocycles. The van der Waals surface area contributed by atoms with E-state index in [1.54, 1.807) is 31.4 Å². The van der Waals surface area contributed by atoms with E-state index in [2.05, 4.69) is 26.0 Å². The van der Waals surface area contributed by atoms with Gasteiger partial charge in [0, 0.05) is 5.56 Å². The van der Waals surface area contributed by atoms with Crippen molar-refractivity contribution >= 4 is 34.5 Å². The Morgan fingerprint density at radius 3 is 2.62 bits per heavy atom. The van der Waals surface area contributed by atoms with Crippen LogP contribution in [-0.4, -0.2) is 35.3 Å². The highest BCUT2D eigenvalue weighted by atomic mass is 32.1. The number of aromatic nitrogens is 2. The van der Waals surface area contributed by atoms with Crippen LogP contribution in [0.5, 0.6) is 5.75 Å². The van der Waals surface area contributed by atoms with Gasteiger partial charge in [-0.15, -0.1) is 10.2 Å². The van der Waals surface area contributed by atoms with Crippen LogP contribution in [0.1, 0.15) is 26.5 Å². The Balaban J connectivity index is 1.51. The number of aryl methyl sites for hydroxylation is 1. The minimum Gasteiger partial charge on any atom is -0.497 e. The van der Waals surface area contributed by atoms with E-state index in [4.69, 9.17) is 4.74 Å². The number of benzene rings is 2. The van der Waals surface area contributed by atoms with Crippen LogP contribution in [0.4, 0.5) is 5.13 Å². The van der Waals surface area contributed by atoms with Crippen molar-refractivity contribution in [2.75, 3.05) is 12.4 Å². The highest BCUT2D eigenvalue weighted by Gasteiger charge is 2.13. The van der Waals surface area contributed by atoms with Crippen molar-refractivity contribution in [3.8, 4) is 5.75 Å². The Bertz CT molecular complexity index is 1030. The number of carbonyl (C=O) groups is 2. The number of hydrogen-bond acceptors (Lipinski definition) is 7. The lowest BCUT2D eigenvalue weighted by Crippen LogP contribution is -2.19. The topological polar surface area (TPSA) is 106 Å². The molecule has 0 spiro atoms. The van der Waals surface area contributed by atoms with Gasteiger partial charge in [0.05, 0.1) is 19.7 Å². The van der Waals surface area contributed by atoms with Crippen molar-refractivity contribution < 1.29 is 14.3 Å². The Kier molecular flexibility index (Phi) is 6.64. The molecule has 2 N–H and O–H groups in total. The lowest BCUT2D eigenvalue weighted by Gasteiger charge is -2.03. The first-order valence-electron chi connectivity index (χ1n) is 8.70. The van der Waals surface area contributed by atoms with Crippen molar-refractivity contribution in [1.82, 2.24) is 15.6 Å². The number of ether oxygens (including phenoxy) is 1. The van der Waals surface area contributed by atoms with Crippen LogP contribution in [0, 0.1) is 6.92 Å². The molecule has 0 unspecified atom stereocenters. The zero-order valence-electron chi connectivity index (χ0n) is 15.9. The van der Waals surface area contributed by atoms with Gasteiger partial charge in [-0.05, 0) is 48.4 Å². The van der Waals surface area contributed by atoms with Crippen LogP contribution in [0.15, 0.2) is 53.6 Å². The first-order chi connectivity index (χ1) is 14.0. The molecular weight excluding hydrogens is 390 g/mol. The lowest BCUT2D eigenvalue weighted by atomic mass is 10.1. The zero-order valence-corrected chi connectivity index (χ0v) is 16.7. The fourth-order valence-electron chi connectivity index (χ4n) is 2.41. The van der Waals surface area contributed by atoms with E-state index in [9.17, 15) is 9.59 Å². The summed E-state index contributed by atoms with van der Waals surface area (Å²) >= 11 is 1.14. The Morgan fingerprint density at radius 1 is 1.14 bits per heavy atom. The first kappa shape index (κ1) is 20.2. The third-order valence-electron chi connectivity index (χ3n) is 3.91. The van der Waals surface area contributed by atoms with Gasteiger partial charge in [-0.1, -0.05) is 29.5 Å². The summed E-state index contributed by atoms with van der Waals surface area (Å²) in [4.78, 5) is 24.3. The highest BCUT2D eigenvalue weighted by molar-refractivity contribution is 7.15. The SMILES string of the molecule is COc1ccc(/C=N\NC(=O)Cc2nnc(NC(=O)c3ccccc3C)s2)cc1. The molecule has 0 aliphatic carbocycles. The molecule has 3 aromatic rings. The van der Waals surface area contributed by atoms with Crippen LogP contribution >= 0.6 is 11.3 Å². The number of methoxy groups -OCH3 is 1. The Morgan fingerprint density at radius 2 is 1.90 bits per heavy atom. The van der Waals surface area contributed by atoms with E-state index in [1.165, 1.54) is 6.21 Å². The number of rotatable bonds is 7. The number of anilines is 1. The van der Waals surface area contributed by atoms with Crippen molar-refractivity contribution in [2.24, 2.45) is 5.10 Å². The van der Waals surface area contributed by atoms with E-state index in [1.807, 2.05) is 31.2 Å². The summed E-state index contributed by atoms with van der Waals surface area (Å²) in [5.74, 6) is 0.148. The van der Waals surface area contributed by atoms with E-state index in [0.717, 1.165) is 28.2 Å². The van der Waals surface area contributed by atoms with E-state index >= 15 is 0 Å². The van der Waals surface area contributed by atoms with Crippen LogP contribution < -0.4 is 15.5 Å². The van der Waals surface area contributed by atoms with E-state index < -0.39 is 0 Å². The van der Waals surface area contributed by atoms with Gasteiger partial charge in [-0.2, -0.15) is 5.10 Å². The fraction of sp³-hybridized carbons (Fsp3) is 0.150. The van der Waals surface area contributed by atoms with Gasteiger partial charge >= 0.3 is 0 Å². The van der Waals surface area contributed by atoms with Crippen molar-refractivity contribution in [3.05, 3.63) is 70.2 Å². The summed E-state index contributed by atoms with van der Waals surface area (Å²) in [6.07, 6.45) is 1.54. The van der Waals surface area contributed by atoms with Gasteiger partial charge in [-0.3, -0.25) is 14.9 Å². The van der Waals surface area contributed by atoms with E-state index in [-0.39, 0.29) is 18.2 Å². The van der Waals surface area contributed by atoms with Crippen molar-refractivity contribution in [1.29, 1.82) is 0 Å². The molecule has 2 amide bonds. The molecule has 0 fully saturated rings. The lowest BCUT2D eigenvalue weighted by molar-refractivity contribution is -0.120. The predicted octanol–water partition coefficient (Wildman–Crippen LogP) is 2.80. The summed E-state index contributed by atoms with van der Waals surface area (Å²) in [5, 5.41) is 15.3. The second kappa shape index (κ2) is 9.56. The van der Waals surface area contributed by atoms with Crippen LogP contribution in [0.25, 0.3) is 0 Å². The minimum absolute atomic E-state index is 0.0118. The Labute approximate surface area is 171 Å². The number of nitrogens with one attached hydrogen (secondary N) is 2. The number of hydrazone groups is 1. The molecule has 0 bridgehead atoms. The maximum absolute atomic E-state index is 12.3. The van der Waals surface area contributed by atoms with E-state index in [0.29, 0.717) is 15.7 Å². The summed E-state index contributed by atoms with van der Waals surface area (Å²) in [5.41, 5.74) is 4.69. The molecular formula is C20H19N5O3S. The molecule has 29 heavy (non-hydrogen) atoms. The third-order valence-corrected chi connectivity index (χ3v) is 4.75. The largest absolute Gasteiger partial charge is 0.497 e. The standard InChI is InChI=1S/C20H19N5O3S/c1-13-5-3-4-6-16(13)19(27)22-20-25-24-18(29-20)11-17(26)23-21-12-14-7-9-15(28-2)10-8-14/h3-10,12H,11H2,1-2H3,(H,23,26)(H,22,25,27)/b21-12-. The molecule has 0 atom stereocenters. The fourth-order valence-corrected chi connectivity index (χ4v) is 3.15. The molecule has 148 valence electrons. The molecule has 9 heteroatoms. The molecule has 0 saturated heterocycles. The van der Waals surface area contributed by atoms with Gasteiger partial charge in [0.2, 0.25) is 11.0 Å². The summed E-state index contributed by atoms with van der Waals surface area (Å²) in [6.45, 7) is 1.86. The normalized spacial score (nSPS) is 10.7. The molecule has 3 rings (SSSR count). The second-order valence-corrected chi connectivity index (χ2v) is 7.08. The molecule has 0 radical (unpaired) electrons. The number of carbonyl (C=O) groups excluding carboxylic acids is 2. The Hall–Kier alpha value is -3.59. The first-order valence-corrected chi connectivity index (χ1v) is 9.52. The van der Waals surface area contributed by atoms with Gasteiger partial charge in [0.25, 0.3) is 5.91 Å². The maximum Gasteiger partial charge on any atom is 0.257 e.